The van der Waals surface area contributed by atoms with Gasteiger partial charge in [0.1, 0.15) is 5.75 Å². The summed E-state index contributed by atoms with van der Waals surface area (Å²) in [7, 11) is 1.60. The van der Waals surface area contributed by atoms with Gasteiger partial charge in [0.15, 0.2) is 0 Å². The molecule has 0 aromatic heterocycles. The van der Waals surface area contributed by atoms with Crippen LogP contribution in [0.1, 0.15) is 18.5 Å². The predicted octanol–water partition coefficient (Wildman–Crippen LogP) is 4.10. The van der Waals surface area contributed by atoms with Crippen molar-refractivity contribution in [2.45, 2.75) is 13.0 Å². The highest BCUT2D eigenvalue weighted by atomic mass is 35.5. The van der Waals surface area contributed by atoms with Gasteiger partial charge in [-0.1, -0.05) is 29.8 Å². The maximum atomic E-state index is 6.18. The zero-order chi connectivity index (χ0) is 13.8. The number of benzene rings is 2. The second-order valence-electron chi connectivity index (χ2n) is 4.34. The quantitative estimate of drug-likeness (QED) is 0.827. The number of ether oxygens (including phenoxy) is 1. The lowest BCUT2D eigenvalue weighted by atomic mass is 10.1. The standard InChI is InChI=1S/C15H17ClN2O/c1-10(12-5-3-4-6-13(12)16)18-11-7-8-14(17)15(9-11)19-2/h3-10,18H,17H2,1-2H3. The molecule has 0 fully saturated rings. The van der Waals surface area contributed by atoms with Crippen LogP contribution in [0, 0.1) is 0 Å². The van der Waals surface area contributed by atoms with E-state index in [1.54, 1.807) is 7.11 Å². The van der Waals surface area contributed by atoms with Crippen molar-refractivity contribution in [2.75, 3.05) is 18.2 Å². The van der Waals surface area contributed by atoms with Gasteiger partial charge >= 0.3 is 0 Å². The topological polar surface area (TPSA) is 47.3 Å². The number of hydrogen-bond donors (Lipinski definition) is 2. The van der Waals surface area contributed by atoms with Crippen molar-refractivity contribution < 1.29 is 4.74 Å². The molecule has 2 aromatic rings. The molecule has 4 heteroatoms. The van der Waals surface area contributed by atoms with E-state index in [9.17, 15) is 0 Å². The Kier molecular flexibility index (Phi) is 4.17. The van der Waals surface area contributed by atoms with Crippen LogP contribution < -0.4 is 15.8 Å². The highest BCUT2D eigenvalue weighted by Gasteiger charge is 2.09. The second-order valence-corrected chi connectivity index (χ2v) is 4.75. The Morgan fingerprint density at radius 1 is 1.21 bits per heavy atom. The lowest BCUT2D eigenvalue weighted by Gasteiger charge is -2.18. The summed E-state index contributed by atoms with van der Waals surface area (Å²) < 4.78 is 5.21. The van der Waals surface area contributed by atoms with Gasteiger partial charge in [0.2, 0.25) is 0 Å². The maximum absolute atomic E-state index is 6.18. The summed E-state index contributed by atoms with van der Waals surface area (Å²) in [6, 6.07) is 13.5. The number of rotatable bonds is 4. The molecule has 0 aliphatic carbocycles. The molecule has 3 N–H and O–H groups in total. The summed E-state index contributed by atoms with van der Waals surface area (Å²) in [5.41, 5.74) is 8.41. The Labute approximate surface area is 118 Å². The number of nitrogen functional groups attached to an aromatic ring is 1. The van der Waals surface area contributed by atoms with Gasteiger partial charge < -0.3 is 15.8 Å². The molecule has 1 unspecified atom stereocenters. The first kappa shape index (κ1) is 13.6. The van der Waals surface area contributed by atoms with E-state index in [1.165, 1.54) is 0 Å². The number of hydrogen-bond acceptors (Lipinski definition) is 3. The number of methoxy groups -OCH3 is 1. The van der Waals surface area contributed by atoms with Crippen LogP contribution in [-0.4, -0.2) is 7.11 Å². The van der Waals surface area contributed by atoms with Crippen molar-refractivity contribution in [3.8, 4) is 5.75 Å². The minimum Gasteiger partial charge on any atom is -0.495 e. The number of anilines is 2. The summed E-state index contributed by atoms with van der Waals surface area (Å²) in [5, 5.41) is 4.14. The van der Waals surface area contributed by atoms with E-state index in [0.717, 1.165) is 16.3 Å². The molecule has 2 aromatic carbocycles. The summed E-state index contributed by atoms with van der Waals surface area (Å²) in [6.45, 7) is 2.06. The van der Waals surface area contributed by atoms with Crippen molar-refractivity contribution in [1.29, 1.82) is 0 Å². The van der Waals surface area contributed by atoms with E-state index in [2.05, 4.69) is 12.2 Å². The zero-order valence-corrected chi connectivity index (χ0v) is 11.7. The summed E-state index contributed by atoms with van der Waals surface area (Å²) >= 11 is 6.18. The molecule has 1 atom stereocenters. The molecular formula is C15H17ClN2O. The molecule has 2 rings (SSSR count). The highest BCUT2D eigenvalue weighted by molar-refractivity contribution is 6.31. The average molecular weight is 277 g/mol. The molecule has 0 bridgehead atoms. The Hall–Kier alpha value is -1.87. The number of nitrogens with two attached hydrogens (primary N) is 1. The summed E-state index contributed by atoms with van der Waals surface area (Å²) in [4.78, 5) is 0. The molecule has 0 spiro atoms. The van der Waals surface area contributed by atoms with Gasteiger partial charge in [-0.2, -0.15) is 0 Å². The lowest BCUT2D eigenvalue weighted by molar-refractivity contribution is 0.417. The minimum absolute atomic E-state index is 0.0991. The Morgan fingerprint density at radius 3 is 2.63 bits per heavy atom. The molecule has 3 nitrogen and oxygen atoms in total. The summed E-state index contributed by atoms with van der Waals surface area (Å²) in [5.74, 6) is 0.663. The molecule has 19 heavy (non-hydrogen) atoms. The molecule has 0 aliphatic rings. The summed E-state index contributed by atoms with van der Waals surface area (Å²) in [6.07, 6.45) is 0. The van der Waals surface area contributed by atoms with Crippen molar-refractivity contribution >= 4 is 23.0 Å². The van der Waals surface area contributed by atoms with Gasteiger partial charge in [-0.05, 0) is 30.7 Å². The van der Waals surface area contributed by atoms with Gasteiger partial charge in [0.05, 0.1) is 12.8 Å². The molecule has 0 aliphatic heterocycles. The smallest absolute Gasteiger partial charge is 0.143 e. The van der Waals surface area contributed by atoms with Crippen LogP contribution in [0.3, 0.4) is 0 Å². The molecule has 0 heterocycles. The fraction of sp³-hybridized carbons (Fsp3) is 0.200. The SMILES string of the molecule is COc1cc(NC(C)c2ccccc2Cl)ccc1N. The van der Waals surface area contributed by atoms with Crippen LogP contribution >= 0.6 is 11.6 Å². The van der Waals surface area contributed by atoms with Gasteiger partial charge in [-0.15, -0.1) is 0 Å². The van der Waals surface area contributed by atoms with Crippen LogP contribution in [0.2, 0.25) is 5.02 Å². The zero-order valence-electron chi connectivity index (χ0n) is 11.0. The van der Waals surface area contributed by atoms with Crippen molar-refractivity contribution in [3.05, 3.63) is 53.1 Å². The number of nitrogens with one attached hydrogen (secondary N) is 1. The average Bonchev–Trinajstić information content (AvgIpc) is 2.41. The largest absolute Gasteiger partial charge is 0.495 e. The Balaban J connectivity index is 2.19. The fourth-order valence-corrected chi connectivity index (χ4v) is 2.25. The van der Waals surface area contributed by atoms with E-state index in [1.807, 2.05) is 42.5 Å². The van der Waals surface area contributed by atoms with Gasteiger partial charge in [-0.3, -0.25) is 0 Å². The molecule has 0 saturated heterocycles. The second kappa shape index (κ2) is 5.85. The minimum atomic E-state index is 0.0991. The third-order valence-electron chi connectivity index (χ3n) is 2.99. The highest BCUT2D eigenvalue weighted by Crippen LogP contribution is 2.29. The normalized spacial score (nSPS) is 11.9. The Bertz CT molecular complexity index is 572. The molecule has 0 saturated carbocycles. The van der Waals surface area contributed by atoms with E-state index >= 15 is 0 Å². The monoisotopic (exact) mass is 276 g/mol. The molecule has 0 amide bonds. The van der Waals surface area contributed by atoms with Crippen LogP contribution in [0.25, 0.3) is 0 Å². The molecular weight excluding hydrogens is 260 g/mol. The van der Waals surface area contributed by atoms with Gasteiger partial charge in [-0.25, -0.2) is 0 Å². The first-order chi connectivity index (χ1) is 9.11. The fourth-order valence-electron chi connectivity index (χ4n) is 1.95. The van der Waals surface area contributed by atoms with Gasteiger partial charge in [0.25, 0.3) is 0 Å². The maximum Gasteiger partial charge on any atom is 0.143 e. The van der Waals surface area contributed by atoms with E-state index in [-0.39, 0.29) is 6.04 Å². The van der Waals surface area contributed by atoms with Crippen LogP contribution in [0.5, 0.6) is 5.75 Å². The van der Waals surface area contributed by atoms with E-state index in [0.29, 0.717) is 11.4 Å². The first-order valence-corrected chi connectivity index (χ1v) is 6.44. The van der Waals surface area contributed by atoms with E-state index < -0.39 is 0 Å². The number of halogens is 1. The Morgan fingerprint density at radius 2 is 1.95 bits per heavy atom. The van der Waals surface area contributed by atoms with Crippen LogP contribution in [0.15, 0.2) is 42.5 Å². The van der Waals surface area contributed by atoms with Crippen molar-refractivity contribution in [1.82, 2.24) is 0 Å². The predicted molar refractivity (Wildman–Crippen MR) is 80.9 cm³/mol. The first-order valence-electron chi connectivity index (χ1n) is 6.06. The lowest BCUT2D eigenvalue weighted by Crippen LogP contribution is -2.07. The molecule has 100 valence electrons. The van der Waals surface area contributed by atoms with E-state index in [4.69, 9.17) is 22.1 Å². The third kappa shape index (κ3) is 3.12. The van der Waals surface area contributed by atoms with Crippen LogP contribution in [-0.2, 0) is 0 Å². The van der Waals surface area contributed by atoms with Crippen LogP contribution in [0.4, 0.5) is 11.4 Å². The van der Waals surface area contributed by atoms with Crippen molar-refractivity contribution in [3.63, 3.8) is 0 Å². The molecule has 0 radical (unpaired) electrons. The van der Waals surface area contributed by atoms with Gasteiger partial charge in [0, 0.05) is 22.8 Å². The third-order valence-corrected chi connectivity index (χ3v) is 3.33. The van der Waals surface area contributed by atoms with Crippen molar-refractivity contribution in [2.24, 2.45) is 0 Å².